The third-order valence-electron chi connectivity index (χ3n) is 6.76. The number of hydrogen-bond donors (Lipinski definition) is 1. The zero-order valence-corrected chi connectivity index (χ0v) is 24.9. The fourth-order valence-corrected chi connectivity index (χ4v) is 5.78. The topological polar surface area (TPSA) is 96.0 Å². The maximum Gasteiger partial charge on any atom is 0.264 e. The number of amides is 2. The van der Waals surface area contributed by atoms with Gasteiger partial charge in [-0.15, -0.1) is 0 Å². The molecule has 0 aliphatic heterocycles. The Balaban J connectivity index is 2.05. The van der Waals surface area contributed by atoms with Crippen LogP contribution in [0.2, 0.25) is 0 Å². The number of sulfonamides is 1. The maximum atomic E-state index is 14.0. The smallest absolute Gasteiger partial charge is 0.264 e. The van der Waals surface area contributed by atoms with Crippen LogP contribution in [0.3, 0.4) is 0 Å². The number of carbonyl (C=O) groups is 2. The van der Waals surface area contributed by atoms with Gasteiger partial charge < -0.3 is 15.0 Å². The second-order valence-corrected chi connectivity index (χ2v) is 11.9. The molecule has 0 aromatic heterocycles. The molecule has 0 aliphatic rings. The SMILES string of the molecule is CC[C@@H](C)NC(=O)[C@@H](C)N(Cc1cccc(OC)c1)C(=O)CN(c1cc(C)cc(C)c1)S(=O)(=O)c1ccccc1. The summed E-state index contributed by atoms with van der Waals surface area (Å²) in [6, 6.07) is 19.8. The van der Waals surface area contributed by atoms with E-state index in [9.17, 15) is 18.0 Å². The monoisotopic (exact) mass is 565 g/mol. The van der Waals surface area contributed by atoms with E-state index >= 15 is 0 Å². The number of benzene rings is 3. The Morgan fingerprint density at radius 2 is 1.57 bits per heavy atom. The summed E-state index contributed by atoms with van der Waals surface area (Å²) in [7, 11) is -2.55. The zero-order chi connectivity index (χ0) is 29.4. The van der Waals surface area contributed by atoms with Crippen molar-refractivity contribution in [2.24, 2.45) is 0 Å². The van der Waals surface area contributed by atoms with Crippen LogP contribution in [0.1, 0.15) is 43.9 Å². The quantitative estimate of drug-likeness (QED) is 0.339. The molecule has 0 unspecified atom stereocenters. The molecular weight excluding hydrogens is 526 g/mol. The van der Waals surface area contributed by atoms with Gasteiger partial charge >= 0.3 is 0 Å². The van der Waals surface area contributed by atoms with E-state index < -0.39 is 28.5 Å². The summed E-state index contributed by atoms with van der Waals surface area (Å²) in [5.41, 5.74) is 2.86. The summed E-state index contributed by atoms with van der Waals surface area (Å²) in [6.07, 6.45) is 0.734. The van der Waals surface area contributed by atoms with Gasteiger partial charge in [-0.2, -0.15) is 0 Å². The summed E-state index contributed by atoms with van der Waals surface area (Å²) in [6.45, 7) is 8.88. The summed E-state index contributed by atoms with van der Waals surface area (Å²) < 4.78 is 34.3. The van der Waals surface area contributed by atoms with Gasteiger partial charge in [-0.1, -0.05) is 43.3 Å². The lowest BCUT2D eigenvalue weighted by Crippen LogP contribution is -2.52. The zero-order valence-electron chi connectivity index (χ0n) is 24.0. The van der Waals surface area contributed by atoms with E-state index in [0.717, 1.165) is 27.4 Å². The van der Waals surface area contributed by atoms with Crippen LogP contribution < -0.4 is 14.4 Å². The van der Waals surface area contributed by atoms with Gasteiger partial charge in [0.25, 0.3) is 10.0 Å². The highest BCUT2D eigenvalue weighted by Gasteiger charge is 2.33. The van der Waals surface area contributed by atoms with Crippen molar-refractivity contribution >= 4 is 27.5 Å². The average molecular weight is 566 g/mol. The molecule has 8 nitrogen and oxygen atoms in total. The molecule has 3 aromatic carbocycles. The second-order valence-electron chi connectivity index (χ2n) is 10.0. The lowest BCUT2D eigenvalue weighted by Gasteiger charge is -2.32. The molecule has 214 valence electrons. The van der Waals surface area contributed by atoms with Crippen LogP contribution in [0, 0.1) is 13.8 Å². The lowest BCUT2D eigenvalue weighted by atomic mass is 10.1. The van der Waals surface area contributed by atoms with E-state index in [1.54, 1.807) is 56.5 Å². The molecule has 0 radical (unpaired) electrons. The molecule has 3 aromatic rings. The van der Waals surface area contributed by atoms with Gasteiger partial charge in [-0.25, -0.2) is 8.42 Å². The van der Waals surface area contributed by atoms with Crippen molar-refractivity contribution in [1.29, 1.82) is 0 Å². The molecule has 40 heavy (non-hydrogen) atoms. The second kappa shape index (κ2) is 13.5. The molecule has 2 atom stereocenters. The molecule has 2 amide bonds. The first kappa shape index (κ1) is 30.7. The molecule has 3 rings (SSSR count). The number of hydrogen-bond acceptors (Lipinski definition) is 5. The molecule has 0 bridgehead atoms. The molecule has 0 saturated carbocycles. The first-order chi connectivity index (χ1) is 19.0. The first-order valence-corrected chi connectivity index (χ1v) is 14.8. The first-order valence-electron chi connectivity index (χ1n) is 13.3. The summed E-state index contributed by atoms with van der Waals surface area (Å²) in [5, 5.41) is 2.94. The molecule has 0 heterocycles. The molecule has 9 heteroatoms. The molecule has 0 fully saturated rings. The fourth-order valence-electron chi connectivity index (χ4n) is 4.36. The van der Waals surface area contributed by atoms with Gasteiger partial charge in [0, 0.05) is 12.6 Å². The maximum absolute atomic E-state index is 14.0. The highest BCUT2D eigenvalue weighted by Crippen LogP contribution is 2.27. The predicted octanol–water partition coefficient (Wildman–Crippen LogP) is 4.84. The number of anilines is 1. The Morgan fingerprint density at radius 1 is 0.925 bits per heavy atom. The Labute approximate surface area is 238 Å². The minimum atomic E-state index is -4.10. The van der Waals surface area contributed by atoms with Gasteiger partial charge in [0.05, 0.1) is 17.7 Å². The third-order valence-corrected chi connectivity index (χ3v) is 8.55. The van der Waals surface area contributed by atoms with E-state index in [1.165, 1.54) is 17.0 Å². The number of carbonyl (C=O) groups excluding carboxylic acids is 2. The van der Waals surface area contributed by atoms with Crippen molar-refractivity contribution in [3.63, 3.8) is 0 Å². The van der Waals surface area contributed by atoms with Gasteiger partial charge in [-0.05, 0) is 87.2 Å². The van der Waals surface area contributed by atoms with Crippen LogP contribution in [-0.4, -0.2) is 50.9 Å². The van der Waals surface area contributed by atoms with Gasteiger partial charge in [0.2, 0.25) is 11.8 Å². The van der Waals surface area contributed by atoms with Crippen LogP contribution in [0.4, 0.5) is 5.69 Å². The van der Waals surface area contributed by atoms with Crippen LogP contribution >= 0.6 is 0 Å². The number of nitrogens with zero attached hydrogens (tertiary/aromatic N) is 2. The van der Waals surface area contributed by atoms with Crippen molar-refractivity contribution in [2.45, 2.75) is 64.6 Å². The van der Waals surface area contributed by atoms with Crippen molar-refractivity contribution in [3.05, 3.63) is 89.5 Å². The molecule has 0 saturated heterocycles. The van der Waals surface area contributed by atoms with Crippen molar-refractivity contribution in [1.82, 2.24) is 10.2 Å². The normalized spacial score (nSPS) is 12.8. The standard InChI is InChI=1S/C31H39N3O5S/c1-7-24(4)32-31(36)25(5)33(20-26-12-11-13-28(19-26)39-6)30(35)21-34(27-17-22(2)16-23(3)18-27)40(37,38)29-14-9-8-10-15-29/h8-19,24-25H,7,20-21H2,1-6H3,(H,32,36)/t24-,25-/m1/s1. The van der Waals surface area contributed by atoms with E-state index in [0.29, 0.717) is 11.4 Å². The Bertz CT molecular complexity index is 1410. The minimum absolute atomic E-state index is 0.0730. The summed E-state index contributed by atoms with van der Waals surface area (Å²) in [5.74, 6) is -0.201. The van der Waals surface area contributed by atoms with Crippen molar-refractivity contribution in [3.8, 4) is 5.75 Å². The number of ether oxygens (including phenoxy) is 1. The molecule has 1 N–H and O–H groups in total. The number of aryl methyl sites for hydroxylation is 2. The predicted molar refractivity (Wildman–Crippen MR) is 158 cm³/mol. The number of methoxy groups -OCH3 is 1. The Kier molecular flexibility index (Phi) is 10.3. The largest absolute Gasteiger partial charge is 0.497 e. The molecule has 0 spiro atoms. The van der Waals surface area contributed by atoms with Gasteiger partial charge in [-0.3, -0.25) is 13.9 Å². The number of nitrogens with one attached hydrogen (secondary N) is 1. The lowest BCUT2D eigenvalue weighted by molar-refractivity contribution is -0.139. The highest BCUT2D eigenvalue weighted by molar-refractivity contribution is 7.92. The summed E-state index contributed by atoms with van der Waals surface area (Å²) >= 11 is 0. The van der Waals surface area contributed by atoms with E-state index in [2.05, 4.69) is 5.32 Å². The van der Waals surface area contributed by atoms with Crippen LogP contribution in [0.25, 0.3) is 0 Å². The van der Waals surface area contributed by atoms with Crippen LogP contribution in [0.5, 0.6) is 5.75 Å². The fraction of sp³-hybridized carbons (Fsp3) is 0.355. The Morgan fingerprint density at radius 3 is 2.17 bits per heavy atom. The van der Waals surface area contributed by atoms with Crippen LogP contribution in [0.15, 0.2) is 77.7 Å². The van der Waals surface area contributed by atoms with Crippen molar-refractivity contribution < 1.29 is 22.7 Å². The van der Waals surface area contributed by atoms with E-state index in [4.69, 9.17) is 4.74 Å². The average Bonchev–Trinajstić information content (AvgIpc) is 2.93. The van der Waals surface area contributed by atoms with Crippen LogP contribution in [-0.2, 0) is 26.2 Å². The minimum Gasteiger partial charge on any atom is -0.497 e. The van der Waals surface area contributed by atoms with E-state index in [1.807, 2.05) is 45.9 Å². The third kappa shape index (κ3) is 7.63. The summed E-state index contributed by atoms with van der Waals surface area (Å²) in [4.78, 5) is 28.7. The number of rotatable bonds is 12. The molecule has 0 aliphatic carbocycles. The van der Waals surface area contributed by atoms with Crippen molar-refractivity contribution in [2.75, 3.05) is 18.0 Å². The molecular formula is C31H39N3O5S. The van der Waals surface area contributed by atoms with Gasteiger partial charge in [0.1, 0.15) is 18.3 Å². The Hall–Kier alpha value is -3.85. The van der Waals surface area contributed by atoms with Gasteiger partial charge in [0.15, 0.2) is 0 Å². The van der Waals surface area contributed by atoms with E-state index in [-0.39, 0.29) is 23.4 Å². The highest BCUT2D eigenvalue weighted by atomic mass is 32.2.